The minimum absolute atomic E-state index is 0.00109. The van der Waals surface area contributed by atoms with Crippen molar-refractivity contribution in [1.29, 1.82) is 0 Å². The van der Waals surface area contributed by atoms with Crippen LogP contribution in [-0.2, 0) is 31.2 Å². The van der Waals surface area contributed by atoms with Gasteiger partial charge in [-0.3, -0.25) is 19.3 Å². The van der Waals surface area contributed by atoms with Crippen LogP contribution in [0.3, 0.4) is 0 Å². The third kappa shape index (κ3) is 5.11. The first-order chi connectivity index (χ1) is 16.2. The van der Waals surface area contributed by atoms with E-state index in [0.29, 0.717) is 22.6 Å². The Bertz CT molecular complexity index is 1070. The van der Waals surface area contributed by atoms with E-state index in [1.807, 2.05) is 0 Å². The lowest BCUT2D eigenvalue weighted by Crippen LogP contribution is -2.45. The molecule has 180 valence electrons. The van der Waals surface area contributed by atoms with Crippen molar-refractivity contribution in [2.45, 2.75) is 19.0 Å². The molecule has 1 atom stereocenters. The number of nitrogens with one attached hydrogen (secondary N) is 1. The topological polar surface area (TPSA) is 114 Å². The monoisotopic (exact) mass is 469 g/mol. The van der Waals surface area contributed by atoms with Crippen molar-refractivity contribution in [3.63, 3.8) is 0 Å². The van der Waals surface area contributed by atoms with Crippen LogP contribution in [0.15, 0.2) is 48.5 Å². The second-order valence-electron chi connectivity index (χ2n) is 7.86. The first-order valence-electron chi connectivity index (χ1n) is 10.5. The molecule has 10 nitrogen and oxygen atoms in total. The van der Waals surface area contributed by atoms with E-state index in [0.717, 1.165) is 4.90 Å². The molecule has 1 N–H and O–H groups in total. The molecule has 0 saturated carbocycles. The molecule has 34 heavy (non-hydrogen) atoms. The molecule has 1 unspecified atom stereocenters. The Morgan fingerprint density at radius 1 is 1.00 bits per heavy atom. The van der Waals surface area contributed by atoms with Crippen molar-refractivity contribution in [1.82, 2.24) is 15.1 Å². The standard InChI is InChI=1S/C24H27N3O7/c1-24(17-8-6-5-7-9-17)22(30)27(23(31)25-24)14-20(28)26(15-21(29)34-4)13-16-10-18(32-2)12-19(11-16)33-3/h5-12H,13-15H2,1-4H3,(H,25,31). The van der Waals surface area contributed by atoms with Gasteiger partial charge in [0, 0.05) is 12.6 Å². The maximum atomic E-state index is 13.2. The molecule has 0 bridgehead atoms. The summed E-state index contributed by atoms with van der Waals surface area (Å²) in [5, 5.41) is 2.66. The molecule has 1 saturated heterocycles. The van der Waals surface area contributed by atoms with Crippen LogP contribution >= 0.6 is 0 Å². The summed E-state index contributed by atoms with van der Waals surface area (Å²) in [6, 6.07) is 13.1. The maximum absolute atomic E-state index is 13.2. The molecule has 3 rings (SSSR count). The Labute approximate surface area is 197 Å². The van der Waals surface area contributed by atoms with E-state index in [1.165, 1.54) is 26.2 Å². The number of ether oxygens (including phenoxy) is 3. The van der Waals surface area contributed by atoms with Gasteiger partial charge in [0.2, 0.25) is 5.91 Å². The van der Waals surface area contributed by atoms with Gasteiger partial charge in [-0.2, -0.15) is 0 Å². The number of urea groups is 1. The van der Waals surface area contributed by atoms with Gasteiger partial charge in [0.05, 0.1) is 21.3 Å². The second kappa shape index (κ2) is 10.2. The van der Waals surface area contributed by atoms with E-state index in [4.69, 9.17) is 14.2 Å². The van der Waals surface area contributed by atoms with Crippen LogP contribution in [-0.4, -0.2) is 68.0 Å². The van der Waals surface area contributed by atoms with E-state index < -0.39 is 35.9 Å². The lowest BCUT2D eigenvalue weighted by Gasteiger charge is -2.25. The van der Waals surface area contributed by atoms with Gasteiger partial charge in [-0.05, 0) is 30.2 Å². The third-order valence-corrected chi connectivity index (χ3v) is 5.60. The van der Waals surface area contributed by atoms with Gasteiger partial charge in [0.15, 0.2) is 0 Å². The van der Waals surface area contributed by atoms with E-state index in [1.54, 1.807) is 55.5 Å². The zero-order valence-corrected chi connectivity index (χ0v) is 19.5. The molecule has 10 heteroatoms. The molecule has 2 aromatic carbocycles. The van der Waals surface area contributed by atoms with Crippen LogP contribution in [0.1, 0.15) is 18.1 Å². The lowest BCUT2D eigenvalue weighted by molar-refractivity contribution is -0.148. The van der Waals surface area contributed by atoms with Gasteiger partial charge in [0.1, 0.15) is 30.1 Å². The minimum Gasteiger partial charge on any atom is -0.497 e. The van der Waals surface area contributed by atoms with Crippen LogP contribution in [0, 0.1) is 0 Å². The van der Waals surface area contributed by atoms with Crippen molar-refractivity contribution in [3.8, 4) is 11.5 Å². The highest BCUT2D eigenvalue weighted by Gasteiger charge is 2.49. The number of esters is 1. The summed E-state index contributed by atoms with van der Waals surface area (Å²) in [6.45, 7) is 0.683. The predicted molar refractivity (Wildman–Crippen MR) is 121 cm³/mol. The highest BCUT2D eigenvalue weighted by Crippen LogP contribution is 2.29. The fourth-order valence-corrected chi connectivity index (χ4v) is 3.67. The molecule has 1 aliphatic heterocycles. The number of rotatable bonds is 9. The lowest BCUT2D eigenvalue weighted by atomic mass is 9.92. The van der Waals surface area contributed by atoms with Crippen LogP contribution in [0.25, 0.3) is 0 Å². The first-order valence-corrected chi connectivity index (χ1v) is 10.5. The zero-order chi connectivity index (χ0) is 24.9. The summed E-state index contributed by atoms with van der Waals surface area (Å²) >= 11 is 0. The molecule has 1 fully saturated rings. The van der Waals surface area contributed by atoms with Gasteiger partial charge in [0.25, 0.3) is 5.91 Å². The van der Waals surface area contributed by atoms with Gasteiger partial charge >= 0.3 is 12.0 Å². The highest BCUT2D eigenvalue weighted by atomic mass is 16.5. The zero-order valence-electron chi connectivity index (χ0n) is 19.5. The number of amides is 4. The SMILES string of the molecule is COC(=O)CN(Cc1cc(OC)cc(OC)c1)C(=O)CN1C(=O)NC(C)(c2ccccc2)C1=O. The van der Waals surface area contributed by atoms with Crippen molar-refractivity contribution in [3.05, 3.63) is 59.7 Å². The van der Waals surface area contributed by atoms with E-state index in [-0.39, 0.29) is 13.1 Å². The Morgan fingerprint density at radius 2 is 1.62 bits per heavy atom. The largest absolute Gasteiger partial charge is 0.497 e. The fraction of sp³-hybridized carbons (Fsp3) is 0.333. The predicted octanol–water partition coefficient (Wildman–Crippen LogP) is 1.67. The number of nitrogens with zero attached hydrogens (tertiary/aromatic N) is 2. The van der Waals surface area contributed by atoms with Crippen LogP contribution in [0.2, 0.25) is 0 Å². The third-order valence-electron chi connectivity index (χ3n) is 5.60. The number of hydrogen-bond donors (Lipinski definition) is 1. The Morgan fingerprint density at radius 3 is 2.18 bits per heavy atom. The molecule has 0 radical (unpaired) electrons. The summed E-state index contributed by atoms with van der Waals surface area (Å²) in [5.74, 6) is -0.791. The van der Waals surface area contributed by atoms with Crippen LogP contribution in [0.4, 0.5) is 4.79 Å². The highest BCUT2D eigenvalue weighted by molar-refractivity contribution is 6.09. The first kappa shape index (κ1) is 24.6. The number of imide groups is 1. The van der Waals surface area contributed by atoms with Gasteiger partial charge < -0.3 is 24.4 Å². The van der Waals surface area contributed by atoms with Crippen LogP contribution in [0.5, 0.6) is 11.5 Å². The molecular formula is C24H27N3O7. The van der Waals surface area contributed by atoms with E-state index >= 15 is 0 Å². The molecule has 0 spiro atoms. The quantitative estimate of drug-likeness (QED) is 0.439. The van der Waals surface area contributed by atoms with Gasteiger partial charge in [-0.1, -0.05) is 30.3 Å². The van der Waals surface area contributed by atoms with Crippen molar-refractivity contribution in [2.75, 3.05) is 34.4 Å². The molecular weight excluding hydrogens is 442 g/mol. The number of hydrogen-bond acceptors (Lipinski definition) is 7. The number of benzene rings is 2. The number of methoxy groups -OCH3 is 3. The smallest absolute Gasteiger partial charge is 0.325 e. The summed E-state index contributed by atoms with van der Waals surface area (Å²) in [6.07, 6.45) is 0. The number of carbonyl (C=O) groups excluding carboxylic acids is 4. The summed E-state index contributed by atoms with van der Waals surface area (Å²) in [4.78, 5) is 53.0. The Kier molecular flexibility index (Phi) is 7.40. The van der Waals surface area contributed by atoms with Crippen LogP contribution < -0.4 is 14.8 Å². The van der Waals surface area contributed by atoms with Crippen molar-refractivity contribution >= 4 is 23.8 Å². The van der Waals surface area contributed by atoms with Gasteiger partial charge in [-0.15, -0.1) is 0 Å². The normalized spacial score (nSPS) is 17.2. The van der Waals surface area contributed by atoms with E-state index in [2.05, 4.69) is 5.32 Å². The van der Waals surface area contributed by atoms with Crippen molar-refractivity contribution < 1.29 is 33.4 Å². The van der Waals surface area contributed by atoms with Crippen molar-refractivity contribution in [2.24, 2.45) is 0 Å². The fourth-order valence-electron chi connectivity index (χ4n) is 3.67. The maximum Gasteiger partial charge on any atom is 0.325 e. The summed E-state index contributed by atoms with van der Waals surface area (Å²) in [5.41, 5.74) is -0.0793. The average molecular weight is 469 g/mol. The summed E-state index contributed by atoms with van der Waals surface area (Å²) < 4.78 is 15.2. The minimum atomic E-state index is -1.30. The van der Waals surface area contributed by atoms with Gasteiger partial charge in [-0.25, -0.2) is 4.79 Å². The molecule has 2 aromatic rings. The Balaban J connectivity index is 1.83. The molecule has 0 aliphatic carbocycles. The average Bonchev–Trinajstić information content (AvgIpc) is 3.07. The molecule has 1 heterocycles. The summed E-state index contributed by atoms with van der Waals surface area (Å²) in [7, 11) is 4.21. The molecule has 0 aromatic heterocycles. The second-order valence-corrected chi connectivity index (χ2v) is 7.86. The number of carbonyl (C=O) groups is 4. The molecule has 4 amide bonds. The molecule has 1 aliphatic rings. The Hall–Kier alpha value is -4.08. The van der Waals surface area contributed by atoms with E-state index in [9.17, 15) is 19.2 Å².